The summed E-state index contributed by atoms with van der Waals surface area (Å²) in [5, 5.41) is 0. The Kier molecular flexibility index (Phi) is 3.80. The number of rotatable bonds is 3. The zero-order chi connectivity index (χ0) is 12.3. The fourth-order valence-corrected chi connectivity index (χ4v) is 1.29. The highest BCUT2D eigenvalue weighted by Crippen LogP contribution is 2.29. The number of benzene rings is 1. The Morgan fingerprint density at radius 3 is 2.50 bits per heavy atom. The fraction of sp³-hybridized carbons (Fsp3) is 0.455. The van der Waals surface area contributed by atoms with Gasteiger partial charge >= 0.3 is 6.18 Å². The molecule has 0 aromatic heterocycles. The van der Waals surface area contributed by atoms with Crippen LogP contribution in [0, 0.1) is 6.92 Å². The van der Waals surface area contributed by atoms with Crippen molar-refractivity contribution in [2.24, 2.45) is 5.73 Å². The SMILES string of the molecule is Cc1cccc(CN)c1OC(C)C(F)(F)F. The van der Waals surface area contributed by atoms with E-state index in [0.717, 1.165) is 6.92 Å². The van der Waals surface area contributed by atoms with Crippen molar-refractivity contribution in [1.82, 2.24) is 0 Å². The van der Waals surface area contributed by atoms with E-state index in [4.69, 9.17) is 10.5 Å². The van der Waals surface area contributed by atoms with Gasteiger partial charge in [0.1, 0.15) is 5.75 Å². The first-order valence-corrected chi connectivity index (χ1v) is 4.88. The number of alkyl halides is 3. The molecule has 2 nitrogen and oxygen atoms in total. The molecule has 0 spiro atoms. The predicted molar refractivity (Wildman–Crippen MR) is 55.2 cm³/mol. The van der Waals surface area contributed by atoms with E-state index in [1.807, 2.05) is 0 Å². The van der Waals surface area contributed by atoms with Crippen LogP contribution < -0.4 is 10.5 Å². The molecule has 0 saturated heterocycles. The number of hydrogen-bond donors (Lipinski definition) is 1. The van der Waals surface area contributed by atoms with Crippen LogP contribution in [0.5, 0.6) is 5.75 Å². The zero-order valence-electron chi connectivity index (χ0n) is 9.14. The Hall–Kier alpha value is -1.23. The highest BCUT2D eigenvalue weighted by Gasteiger charge is 2.38. The van der Waals surface area contributed by atoms with Gasteiger partial charge in [-0.1, -0.05) is 18.2 Å². The molecule has 0 heterocycles. The normalized spacial score (nSPS) is 13.6. The summed E-state index contributed by atoms with van der Waals surface area (Å²) in [5.74, 6) is 0.231. The van der Waals surface area contributed by atoms with E-state index in [2.05, 4.69) is 0 Å². The Labute approximate surface area is 92.2 Å². The van der Waals surface area contributed by atoms with Crippen LogP contribution in [0.15, 0.2) is 18.2 Å². The van der Waals surface area contributed by atoms with Gasteiger partial charge in [-0.25, -0.2) is 0 Å². The molecule has 1 aromatic rings. The minimum atomic E-state index is -4.37. The van der Waals surface area contributed by atoms with Crippen LogP contribution in [0.2, 0.25) is 0 Å². The van der Waals surface area contributed by atoms with Gasteiger partial charge in [-0.3, -0.25) is 0 Å². The number of para-hydroxylation sites is 1. The van der Waals surface area contributed by atoms with Gasteiger partial charge in [-0.15, -0.1) is 0 Å². The molecule has 0 bridgehead atoms. The van der Waals surface area contributed by atoms with Crippen LogP contribution in [-0.2, 0) is 6.54 Å². The molecule has 0 aliphatic carbocycles. The maximum Gasteiger partial charge on any atom is 0.425 e. The predicted octanol–water partition coefficient (Wildman–Crippen LogP) is 2.78. The molecule has 0 radical (unpaired) electrons. The molecule has 0 amide bonds. The maximum atomic E-state index is 12.3. The van der Waals surface area contributed by atoms with E-state index < -0.39 is 12.3 Å². The molecule has 2 N–H and O–H groups in total. The topological polar surface area (TPSA) is 35.2 Å². The lowest BCUT2D eigenvalue weighted by molar-refractivity contribution is -0.189. The summed E-state index contributed by atoms with van der Waals surface area (Å²) in [5.41, 5.74) is 6.67. The summed E-state index contributed by atoms with van der Waals surface area (Å²) in [4.78, 5) is 0. The van der Waals surface area contributed by atoms with Crippen LogP contribution in [-0.4, -0.2) is 12.3 Å². The molecule has 90 valence electrons. The van der Waals surface area contributed by atoms with E-state index in [1.54, 1.807) is 25.1 Å². The minimum absolute atomic E-state index is 0.154. The third-order valence-electron chi connectivity index (χ3n) is 2.27. The molecule has 0 fully saturated rings. The second-order valence-electron chi connectivity index (χ2n) is 3.57. The van der Waals surface area contributed by atoms with Gasteiger partial charge in [0.15, 0.2) is 6.10 Å². The monoisotopic (exact) mass is 233 g/mol. The minimum Gasteiger partial charge on any atom is -0.481 e. The summed E-state index contributed by atoms with van der Waals surface area (Å²) < 4.78 is 42.0. The van der Waals surface area contributed by atoms with Crippen molar-refractivity contribution >= 4 is 0 Å². The van der Waals surface area contributed by atoms with Gasteiger partial charge in [0.25, 0.3) is 0 Å². The summed E-state index contributed by atoms with van der Waals surface area (Å²) in [6.07, 6.45) is -6.20. The molecule has 1 unspecified atom stereocenters. The van der Waals surface area contributed by atoms with Crippen LogP contribution >= 0.6 is 0 Å². The molecule has 16 heavy (non-hydrogen) atoms. The Bertz CT molecular complexity index is 363. The van der Waals surface area contributed by atoms with E-state index in [9.17, 15) is 13.2 Å². The van der Waals surface area contributed by atoms with Crippen LogP contribution in [0.1, 0.15) is 18.1 Å². The Balaban J connectivity index is 2.96. The number of ether oxygens (including phenoxy) is 1. The van der Waals surface area contributed by atoms with Crippen molar-refractivity contribution in [2.45, 2.75) is 32.7 Å². The fourth-order valence-electron chi connectivity index (χ4n) is 1.29. The highest BCUT2D eigenvalue weighted by molar-refractivity contribution is 5.40. The number of halogens is 3. The Morgan fingerprint density at radius 1 is 1.38 bits per heavy atom. The van der Waals surface area contributed by atoms with Crippen molar-refractivity contribution in [1.29, 1.82) is 0 Å². The first-order chi connectivity index (χ1) is 7.36. The molecular formula is C11H14F3NO. The molecule has 1 aromatic carbocycles. The van der Waals surface area contributed by atoms with Crippen LogP contribution in [0.4, 0.5) is 13.2 Å². The van der Waals surface area contributed by atoms with Crippen molar-refractivity contribution < 1.29 is 17.9 Å². The standard InChI is InChI=1S/C11H14F3NO/c1-7-4-3-5-9(6-15)10(7)16-8(2)11(12,13)14/h3-5,8H,6,15H2,1-2H3. The van der Waals surface area contributed by atoms with Crippen molar-refractivity contribution in [3.05, 3.63) is 29.3 Å². The van der Waals surface area contributed by atoms with Gasteiger partial charge in [-0.2, -0.15) is 13.2 Å². The van der Waals surface area contributed by atoms with Gasteiger partial charge in [0.2, 0.25) is 0 Å². The summed E-state index contributed by atoms with van der Waals surface area (Å²) in [6.45, 7) is 2.83. The summed E-state index contributed by atoms with van der Waals surface area (Å²) in [7, 11) is 0. The molecular weight excluding hydrogens is 219 g/mol. The zero-order valence-corrected chi connectivity index (χ0v) is 9.14. The second-order valence-corrected chi connectivity index (χ2v) is 3.57. The van der Waals surface area contributed by atoms with Gasteiger partial charge < -0.3 is 10.5 Å². The molecule has 0 aliphatic heterocycles. The third kappa shape index (κ3) is 2.88. The Morgan fingerprint density at radius 2 is 2.00 bits per heavy atom. The lowest BCUT2D eigenvalue weighted by Gasteiger charge is -2.20. The van der Waals surface area contributed by atoms with Crippen molar-refractivity contribution in [3.8, 4) is 5.75 Å². The van der Waals surface area contributed by atoms with Crippen LogP contribution in [0.25, 0.3) is 0 Å². The molecule has 1 atom stereocenters. The van der Waals surface area contributed by atoms with Crippen molar-refractivity contribution in [2.75, 3.05) is 0 Å². The molecule has 0 saturated carbocycles. The summed E-state index contributed by atoms with van der Waals surface area (Å²) >= 11 is 0. The number of aryl methyl sites for hydroxylation is 1. The molecule has 5 heteroatoms. The van der Waals surface area contributed by atoms with Gasteiger partial charge in [0.05, 0.1) is 0 Å². The highest BCUT2D eigenvalue weighted by atomic mass is 19.4. The largest absolute Gasteiger partial charge is 0.481 e. The lowest BCUT2D eigenvalue weighted by atomic mass is 10.1. The van der Waals surface area contributed by atoms with E-state index in [-0.39, 0.29) is 12.3 Å². The average molecular weight is 233 g/mol. The molecule has 1 rings (SSSR count). The first-order valence-electron chi connectivity index (χ1n) is 4.88. The first kappa shape index (κ1) is 12.8. The number of nitrogens with two attached hydrogens (primary N) is 1. The second kappa shape index (κ2) is 4.74. The van der Waals surface area contributed by atoms with Crippen molar-refractivity contribution in [3.63, 3.8) is 0 Å². The van der Waals surface area contributed by atoms with E-state index >= 15 is 0 Å². The maximum absolute atomic E-state index is 12.3. The van der Waals surface area contributed by atoms with Gasteiger partial charge in [0, 0.05) is 12.1 Å². The molecule has 0 aliphatic rings. The quantitative estimate of drug-likeness (QED) is 0.871. The third-order valence-corrected chi connectivity index (χ3v) is 2.27. The van der Waals surface area contributed by atoms with Crippen LogP contribution in [0.3, 0.4) is 0 Å². The van der Waals surface area contributed by atoms with E-state index in [1.165, 1.54) is 0 Å². The smallest absolute Gasteiger partial charge is 0.425 e. The lowest BCUT2D eigenvalue weighted by Crippen LogP contribution is -2.31. The van der Waals surface area contributed by atoms with E-state index in [0.29, 0.717) is 11.1 Å². The number of hydrogen-bond acceptors (Lipinski definition) is 2. The summed E-state index contributed by atoms with van der Waals surface area (Å²) in [6, 6.07) is 5.09. The average Bonchev–Trinajstić information content (AvgIpc) is 2.19. The van der Waals surface area contributed by atoms with Gasteiger partial charge in [-0.05, 0) is 19.4 Å².